The number of rotatable bonds is 3. The predicted molar refractivity (Wildman–Crippen MR) is 80.0 cm³/mol. The van der Waals surface area contributed by atoms with Crippen molar-refractivity contribution in [3.05, 3.63) is 65.0 Å². The van der Waals surface area contributed by atoms with Gasteiger partial charge < -0.3 is 4.98 Å². The zero-order valence-electron chi connectivity index (χ0n) is 11.6. The number of carbonyl (C=O) groups is 1. The number of benzene rings is 1. The van der Waals surface area contributed by atoms with Crippen LogP contribution in [0.15, 0.2) is 42.7 Å². The average Bonchev–Trinajstić information content (AvgIpc) is 2.87. The first kappa shape index (κ1) is 12.6. The fraction of sp³-hybridized carbons (Fsp3) is 0.176. The third-order valence-electron chi connectivity index (χ3n) is 3.69. The van der Waals surface area contributed by atoms with E-state index in [1.807, 2.05) is 18.2 Å². The molecule has 0 bridgehead atoms. The van der Waals surface area contributed by atoms with E-state index in [1.165, 1.54) is 11.1 Å². The monoisotopic (exact) mass is 264 g/mol. The van der Waals surface area contributed by atoms with Gasteiger partial charge >= 0.3 is 0 Å². The van der Waals surface area contributed by atoms with Gasteiger partial charge in [-0.3, -0.25) is 4.79 Å². The molecule has 100 valence electrons. The summed E-state index contributed by atoms with van der Waals surface area (Å²) in [6, 6.07) is 9.94. The number of H-pyrrole nitrogens is 1. The van der Waals surface area contributed by atoms with E-state index in [-0.39, 0.29) is 5.78 Å². The van der Waals surface area contributed by atoms with Crippen LogP contribution in [-0.2, 0) is 6.42 Å². The van der Waals surface area contributed by atoms with Crippen LogP contribution in [-0.4, -0.2) is 15.8 Å². The van der Waals surface area contributed by atoms with Gasteiger partial charge in [0.15, 0.2) is 5.78 Å². The van der Waals surface area contributed by atoms with Crippen LogP contribution in [0.4, 0.5) is 0 Å². The Balaban J connectivity index is 1.91. The predicted octanol–water partition coefficient (Wildman–Crippen LogP) is 3.61. The van der Waals surface area contributed by atoms with Crippen LogP contribution in [0.5, 0.6) is 0 Å². The Morgan fingerprint density at radius 3 is 2.85 bits per heavy atom. The van der Waals surface area contributed by atoms with Crippen molar-refractivity contribution in [3.8, 4) is 0 Å². The smallest absolute Gasteiger partial charge is 0.169 e. The molecule has 0 spiro atoms. The number of fused-ring (bicyclic) bond motifs is 1. The Kier molecular flexibility index (Phi) is 3.11. The van der Waals surface area contributed by atoms with Crippen LogP contribution in [0.1, 0.15) is 27.0 Å². The van der Waals surface area contributed by atoms with Gasteiger partial charge in [-0.25, -0.2) is 4.98 Å². The number of aryl methyl sites for hydroxylation is 2. The van der Waals surface area contributed by atoms with E-state index >= 15 is 0 Å². The summed E-state index contributed by atoms with van der Waals surface area (Å²) in [5, 5.41) is 0.890. The number of ketones is 1. The number of nitrogens with zero attached hydrogens (tertiary/aromatic N) is 1. The number of aromatic amines is 1. The topological polar surface area (TPSA) is 45.8 Å². The van der Waals surface area contributed by atoms with Crippen LogP contribution in [0.2, 0.25) is 0 Å². The number of aromatic nitrogens is 2. The van der Waals surface area contributed by atoms with Crippen molar-refractivity contribution < 1.29 is 4.79 Å². The lowest BCUT2D eigenvalue weighted by atomic mass is 10.00. The maximum Gasteiger partial charge on any atom is 0.169 e. The first-order valence-corrected chi connectivity index (χ1v) is 6.66. The quantitative estimate of drug-likeness (QED) is 0.734. The molecule has 1 aromatic carbocycles. The molecular weight excluding hydrogens is 248 g/mol. The number of Topliss-reactive ketones (excluding diaryl/α,β-unsaturated/α-hetero) is 1. The second-order valence-corrected chi connectivity index (χ2v) is 5.12. The van der Waals surface area contributed by atoms with Crippen molar-refractivity contribution >= 4 is 16.8 Å². The van der Waals surface area contributed by atoms with Crippen LogP contribution in [0.25, 0.3) is 11.0 Å². The summed E-state index contributed by atoms with van der Waals surface area (Å²) < 4.78 is 0. The highest BCUT2D eigenvalue weighted by atomic mass is 16.1. The largest absolute Gasteiger partial charge is 0.345 e. The lowest BCUT2D eigenvalue weighted by Gasteiger charge is -2.04. The molecule has 0 amide bonds. The zero-order chi connectivity index (χ0) is 14.1. The van der Waals surface area contributed by atoms with Crippen LogP contribution in [0.3, 0.4) is 0 Å². The summed E-state index contributed by atoms with van der Waals surface area (Å²) >= 11 is 0. The minimum absolute atomic E-state index is 0.118. The number of hydrogen-bond acceptors (Lipinski definition) is 2. The Labute approximate surface area is 117 Å². The molecule has 20 heavy (non-hydrogen) atoms. The third kappa shape index (κ3) is 2.23. The highest BCUT2D eigenvalue weighted by Gasteiger charge is 2.13. The molecule has 0 saturated carbocycles. The van der Waals surface area contributed by atoms with E-state index in [2.05, 4.69) is 35.9 Å². The fourth-order valence-electron chi connectivity index (χ4n) is 2.38. The SMILES string of the molecule is Cc1ccc(CC(=O)c2c[nH]c3ncccc23)cc1C. The molecule has 3 aromatic rings. The molecule has 0 aliphatic carbocycles. The molecule has 0 radical (unpaired) electrons. The number of hydrogen-bond donors (Lipinski definition) is 1. The van der Waals surface area contributed by atoms with Gasteiger partial charge in [-0.2, -0.15) is 0 Å². The summed E-state index contributed by atoms with van der Waals surface area (Å²) in [5.74, 6) is 0.118. The van der Waals surface area contributed by atoms with Gasteiger partial charge in [0.25, 0.3) is 0 Å². The van der Waals surface area contributed by atoms with Crippen LogP contribution >= 0.6 is 0 Å². The van der Waals surface area contributed by atoms with E-state index in [0.717, 1.165) is 16.6 Å². The van der Waals surface area contributed by atoms with Crippen molar-refractivity contribution in [2.75, 3.05) is 0 Å². The molecular formula is C17H16N2O. The second kappa shape index (κ2) is 4.93. The fourth-order valence-corrected chi connectivity index (χ4v) is 2.38. The van der Waals surface area contributed by atoms with Gasteiger partial charge in [0, 0.05) is 29.8 Å². The first-order valence-electron chi connectivity index (χ1n) is 6.66. The molecule has 0 saturated heterocycles. The Morgan fingerprint density at radius 2 is 2.05 bits per heavy atom. The second-order valence-electron chi connectivity index (χ2n) is 5.12. The summed E-state index contributed by atoms with van der Waals surface area (Å²) in [4.78, 5) is 19.7. The molecule has 2 heterocycles. The van der Waals surface area contributed by atoms with E-state index in [0.29, 0.717) is 12.0 Å². The summed E-state index contributed by atoms with van der Waals surface area (Å²) in [6.07, 6.45) is 3.89. The van der Waals surface area contributed by atoms with E-state index in [1.54, 1.807) is 12.4 Å². The summed E-state index contributed by atoms with van der Waals surface area (Å²) in [7, 11) is 0. The molecule has 3 heteroatoms. The van der Waals surface area contributed by atoms with Crippen molar-refractivity contribution in [2.45, 2.75) is 20.3 Å². The summed E-state index contributed by atoms with van der Waals surface area (Å²) in [5.41, 5.74) is 4.99. The van der Waals surface area contributed by atoms with E-state index in [9.17, 15) is 4.79 Å². The molecule has 2 aromatic heterocycles. The Morgan fingerprint density at radius 1 is 1.20 bits per heavy atom. The van der Waals surface area contributed by atoms with Gasteiger partial charge in [-0.1, -0.05) is 18.2 Å². The Hall–Kier alpha value is -2.42. The maximum atomic E-state index is 12.4. The molecule has 0 atom stereocenters. The normalized spacial score (nSPS) is 10.9. The minimum Gasteiger partial charge on any atom is -0.345 e. The third-order valence-corrected chi connectivity index (χ3v) is 3.69. The molecule has 0 fully saturated rings. The van der Waals surface area contributed by atoms with Crippen molar-refractivity contribution in [3.63, 3.8) is 0 Å². The minimum atomic E-state index is 0.118. The van der Waals surface area contributed by atoms with Gasteiger partial charge in [0.1, 0.15) is 5.65 Å². The van der Waals surface area contributed by atoms with E-state index < -0.39 is 0 Å². The van der Waals surface area contributed by atoms with Gasteiger partial charge in [-0.15, -0.1) is 0 Å². The molecule has 3 rings (SSSR count). The van der Waals surface area contributed by atoms with E-state index in [4.69, 9.17) is 0 Å². The maximum absolute atomic E-state index is 12.4. The molecule has 3 nitrogen and oxygen atoms in total. The van der Waals surface area contributed by atoms with Crippen LogP contribution in [0, 0.1) is 13.8 Å². The lowest BCUT2D eigenvalue weighted by molar-refractivity contribution is 0.0994. The van der Waals surface area contributed by atoms with Gasteiger partial charge in [0.2, 0.25) is 0 Å². The molecule has 0 aliphatic heterocycles. The first-order chi connectivity index (χ1) is 9.65. The highest BCUT2D eigenvalue weighted by molar-refractivity contribution is 6.07. The molecule has 0 aliphatic rings. The zero-order valence-corrected chi connectivity index (χ0v) is 11.6. The Bertz CT molecular complexity index is 787. The van der Waals surface area contributed by atoms with Gasteiger partial charge in [0.05, 0.1) is 0 Å². The average molecular weight is 264 g/mol. The summed E-state index contributed by atoms with van der Waals surface area (Å²) in [6.45, 7) is 4.14. The van der Waals surface area contributed by atoms with Crippen molar-refractivity contribution in [1.82, 2.24) is 9.97 Å². The van der Waals surface area contributed by atoms with Crippen molar-refractivity contribution in [2.24, 2.45) is 0 Å². The standard InChI is InChI=1S/C17H16N2O/c1-11-5-6-13(8-12(11)2)9-16(20)15-10-19-17-14(15)4-3-7-18-17/h3-8,10H,9H2,1-2H3,(H,18,19). The molecule has 1 N–H and O–H groups in total. The lowest BCUT2D eigenvalue weighted by Crippen LogP contribution is -2.03. The molecule has 0 unspecified atom stereocenters. The number of carbonyl (C=O) groups excluding carboxylic acids is 1. The highest BCUT2D eigenvalue weighted by Crippen LogP contribution is 2.19. The van der Waals surface area contributed by atoms with Gasteiger partial charge in [-0.05, 0) is 42.7 Å². The number of pyridine rings is 1. The van der Waals surface area contributed by atoms with Crippen LogP contribution < -0.4 is 0 Å². The van der Waals surface area contributed by atoms with Crippen molar-refractivity contribution in [1.29, 1.82) is 0 Å². The number of nitrogens with one attached hydrogen (secondary N) is 1.